The number of aromatic nitrogens is 6. The van der Waals surface area contributed by atoms with E-state index < -0.39 is 0 Å². The van der Waals surface area contributed by atoms with Crippen LogP contribution in [-0.4, -0.2) is 35.6 Å². The number of nitrogens with zero attached hydrogens (tertiary/aromatic N) is 6. The van der Waals surface area contributed by atoms with Gasteiger partial charge in [0.05, 0.1) is 11.9 Å². The largest absolute Gasteiger partial charge is 0.339 e. The lowest BCUT2D eigenvalue weighted by Crippen LogP contribution is -2.20. The number of benzene rings is 1. The summed E-state index contributed by atoms with van der Waals surface area (Å²) in [4.78, 5) is 16.5. The van der Waals surface area contributed by atoms with E-state index in [2.05, 4.69) is 25.7 Å². The van der Waals surface area contributed by atoms with Gasteiger partial charge in [-0.3, -0.25) is 14.2 Å². The van der Waals surface area contributed by atoms with Gasteiger partial charge in [-0.2, -0.15) is 15.2 Å². The van der Waals surface area contributed by atoms with Gasteiger partial charge in [-0.25, -0.2) is 0 Å². The van der Waals surface area contributed by atoms with Crippen molar-refractivity contribution in [1.82, 2.24) is 29.7 Å². The maximum Gasteiger partial charge on any atom is 0.247 e. The second-order valence-electron chi connectivity index (χ2n) is 6.49. The lowest BCUT2D eigenvalue weighted by Gasteiger charge is -2.05. The van der Waals surface area contributed by atoms with E-state index in [0.29, 0.717) is 17.5 Å². The van der Waals surface area contributed by atoms with E-state index in [0.717, 1.165) is 22.4 Å². The molecule has 0 radical (unpaired) electrons. The molecule has 9 heteroatoms. The number of rotatable bonds is 5. The topological polar surface area (TPSA) is 104 Å². The van der Waals surface area contributed by atoms with Crippen LogP contribution in [0.4, 0.5) is 5.82 Å². The summed E-state index contributed by atoms with van der Waals surface area (Å²) in [5.74, 6) is 1.53. The number of anilines is 1. The Morgan fingerprint density at radius 2 is 2.00 bits per heavy atom. The van der Waals surface area contributed by atoms with Gasteiger partial charge < -0.3 is 9.84 Å². The molecule has 4 aromatic rings. The van der Waals surface area contributed by atoms with Crippen molar-refractivity contribution in [3.63, 3.8) is 0 Å². The molecule has 3 heterocycles. The molecule has 0 fully saturated rings. The molecular formula is C19H19N7O2. The molecular weight excluding hydrogens is 358 g/mol. The van der Waals surface area contributed by atoms with Crippen LogP contribution in [0.25, 0.3) is 22.5 Å². The first-order valence-electron chi connectivity index (χ1n) is 8.72. The van der Waals surface area contributed by atoms with Crippen molar-refractivity contribution >= 4 is 11.7 Å². The molecule has 0 spiro atoms. The Balaban J connectivity index is 1.48. The molecule has 0 saturated carbocycles. The van der Waals surface area contributed by atoms with Crippen LogP contribution in [0.3, 0.4) is 0 Å². The van der Waals surface area contributed by atoms with Crippen LogP contribution >= 0.6 is 0 Å². The van der Waals surface area contributed by atoms with Gasteiger partial charge in [-0.15, -0.1) is 0 Å². The van der Waals surface area contributed by atoms with Crippen molar-refractivity contribution in [2.24, 2.45) is 7.05 Å². The van der Waals surface area contributed by atoms with Crippen LogP contribution < -0.4 is 5.32 Å². The zero-order valence-electron chi connectivity index (χ0n) is 15.7. The Kier molecular flexibility index (Phi) is 4.48. The second kappa shape index (κ2) is 7.10. The van der Waals surface area contributed by atoms with Gasteiger partial charge in [0.1, 0.15) is 12.4 Å². The van der Waals surface area contributed by atoms with Gasteiger partial charge >= 0.3 is 0 Å². The van der Waals surface area contributed by atoms with Gasteiger partial charge in [0.15, 0.2) is 0 Å². The van der Waals surface area contributed by atoms with Gasteiger partial charge in [0.2, 0.25) is 17.6 Å². The standard InChI is InChI=1S/C19H19N7O2/c1-12-7-17(25(3)23-12)22-18(27)11-26-10-16(9-20-26)14-5-4-6-15(8-14)19-21-13(2)28-24-19/h4-10H,11H2,1-3H3,(H,22,27). The molecule has 1 N–H and O–H groups in total. The summed E-state index contributed by atoms with van der Waals surface area (Å²) in [7, 11) is 1.78. The first kappa shape index (κ1) is 17.7. The summed E-state index contributed by atoms with van der Waals surface area (Å²) in [6.07, 6.45) is 3.55. The maximum absolute atomic E-state index is 12.3. The summed E-state index contributed by atoms with van der Waals surface area (Å²) < 4.78 is 8.27. The summed E-state index contributed by atoms with van der Waals surface area (Å²) in [6, 6.07) is 9.59. The number of carbonyl (C=O) groups is 1. The van der Waals surface area contributed by atoms with Crippen molar-refractivity contribution in [2.75, 3.05) is 5.32 Å². The zero-order valence-corrected chi connectivity index (χ0v) is 15.7. The first-order chi connectivity index (χ1) is 13.5. The number of hydrogen-bond donors (Lipinski definition) is 1. The molecule has 0 aliphatic carbocycles. The Bertz CT molecular complexity index is 1140. The number of amides is 1. The van der Waals surface area contributed by atoms with E-state index in [1.807, 2.05) is 43.5 Å². The average molecular weight is 377 g/mol. The van der Waals surface area contributed by atoms with E-state index in [4.69, 9.17) is 4.52 Å². The number of nitrogens with one attached hydrogen (secondary N) is 1. The highest BCUT2D eigenvalue weighted by Crippen LogP contribution is 2.24. The van der Waals surface area contributed by atoms with Crippen molar-refractivity contribution in [3.05, 3.63) is 54.3 Å². The fourth-order valence-electron chi connectivity index (χ4n) is 2.91. The summed E-state index contributed by atoms with van der Waals surface area (Å²) >= 11 is 0. The molecule has 4 rings (SSSR count). The number of aryl methyl sites for hydroxylation is 3. The van der Waals surface area contributed by atoms with Crippen molar-refractivity contribution in [1.29, 1.82) is 0 Å². The van der Waals surface area contributed by atoms with E-state index in [9.17, 15) is 4.79 Å². The van der Waals surface area contributed by atoms with Crippen LogP contribution in [-0.2, 0) is 18.4 Å². The van der Waals surface area contributed by atoms with Crippen LogP contribution in [0.1, 0.15) is 11.6 Å². The van der Waals surface area contributed by atoms with E-state index >= 15 is 0 Å². The molecule has 28 heavy (non-hydrogen) atoms. The predicted octanol–water partition coefficient (Wildman–Crippen LogP) is 2.59. The predicted molar refractivity (Wildman–Crippen MR) is 102 cm³/mol. The third-order valence-electron chi connectivity index (χ3n) is 4.19. The minimum Gasteiger partial charge on any atom is -0.339 e. The molecule has 3 aromatic heterocycles. The molecule has 0 saturated heterocycles. The molecule has 1 aromatic carbocycles. The highest BCUT2D eigenvalue weighted by molar-refractivity contribution is 5.89. The van der Waals surface area contributed by atoms with E-state index in [1.54, 1.807) is 29.5 Å². The van der Waals surface area contributed by atoms with Crippen molar-refractivity contribution in [2.45, 2.75) is 20.4 Å². The van der Waals surface area contributed by atoms with E-state index in [-0.39, 0.29) is 12.5 Å². The normalized spacial score (nSPS) is 11.0. The van der Waals surface area contributed by atoms with Crippen LogP contribution in [0.5, 0.6) is 0 Å². The van der Waals surface area contributed by atoms with Crippen molar-refractivity contribution < 1.29 is 9.32 Å². The monoisotopic (exact) mass is 377 g/mol. The van der Waals surface area contributed by atoms with Gasteiger partial charge in [0.25, 0.3) is 0 Å². The zero-order chi connectivity index (χ0) is 19.7. The number of carbonyl (C=O) groups excluding carboxylic acids is 1. The molecule has 0 aliphatic heterocycles. The summed E-state index contributed by atoms with van der Waals surface area (Å²) in [5.41, 5.74) is 3.54. The Labute approximate surface area is 161 Å². The fourth-order valence-corrected chi connectivity index (χ4v) is 2.91. The molecule has 0 atom stereocenters. The molecule has 0 bridgehead atoms. The fraction of sp³-hybridized carbons (Fsp3) is 0.211. The summed E-state index contributed by atoms with van der Waals surface area (Å²) in [5, 5.41) is 15.3. The smallest absolute Gasteiger partial charge is 0.247 e. The third kappa shape index (κ3) is 3.68. The maximum atomic E-state index is 12.3. The van der Waals surface area contributed by atoms with Crippen molar-refractivity contribution in [3.8, 4) is 22.5 Å². The Morgan fingerprint density at radius 1 is 1.18 bits per heavy atom. The lowest BCUT2D eigenvalue weighted by atomic mass is 10.1. The molecule has 142 valence electrons. The Morgan fingerprint density at radius 3 is 2.71 bits per heavy atom. The van der Waals surface area contributed by atoms with Gasteiger partial charge in [-0.05, 0) is 18.6 Å². The quantitative estimate of drug-likeness (QED) is 0.573. The highest BCUT2D eigenvalue weighted by atomic mass is 16.5. The Hall–Kier alpha value is -3.75. The van der Waals surface area contributed by atoms with Gasteiger partial charge in [0, 0.05) is 37.4 Å². The molecule has 9 nitrogen and oxygen atoms in total. The average Bonchev–Trinajstić information content (AvgIpc) is 3.37. The van der Waals surface area contributed by atoms with Crippen LogP contribution in [0.15, 0.2) is 47.2 Å². The minimum absolute atomic E-state index is 0.105. The number of hydrogen-bond acceptors (Lipinski definition) is 6. The minimum atomic E-state index is -0.173. The molecule has 0 unspecified atom stereocenters. The van der Waals surface area contributed by atoms with Crippen LogP contribution in [0, 0.1) is 13.8 Å². The summed E-state index contributed by atoms with van der Waals surface area (Å²) in [6.45, 7) is 3.73. The highest BCUT2D eigenvalue weighted by Gasteiger charge is 2.11. The molecule has 0 aliphatic rings. The third-order valence-corrected chi connectivity index (χ3v) is 4.19. The van der Waals surface area contributed by atoms with E-state index in [1.165, 1.54) is 0 Å². The first-order valence-corrected chi connectivity index (χ1v) is 8.72. The second-order valence-corrected chi connectivity index (χ2v) is 6.49. The SMILES string of the molecule is Cc1cc(NC(=O)Cn2cc(-c3cccc(-c4noc(C)n4)c3)cn2)n(C)n1. The van der Waals surface area contributed by atoms with Gasteiger partial charge in [-0.1, -0.05) is 23.4 Å². The molecule has 1 amide bonds. The van der Waals surface area contributed by atoms with Crippen LogP contribution in [0.2, 0.25) is 0 Å². The lowest BCUT2D eigenvalue weighted by molar-refractivity contribution is -0.116.